The normalized spacial score (nSPS) is 19.9. The lowest BCUT2D eigenvalue weighted by Crippen LogP contribution is -2.48. The number of halogens is 2. The number of carbonyl (C=O) groups excluding carboxylic acids is 1. The number of hydrogen-bond donors (Lipinski definition) is 2. The number of H-pyrrole nitrogens is 1. The number of fused-ring (bicyclic) bond motifs is 1. The maximum atomic E-state index is 13.5. The monoisotopic (exact) mass is 362 g/mol. The second-order valence-corrected chi connectivity index (χ2v) is 6.12. The summed E-state index contributed by atoms with van der Waals surface area (Å²) in [7, 11) is 0. The number of pyridine rings is 1. The van der Waals surface area contributed by atoms with Crippen LogP contribution in [0, 0.1) is 11.3 Å². The Kier molecular flexibility index (Phi) is 4.61. The summed E-state index contributed by atoms with van der Waals surface area (Å²) in [4.78, 5) is 27.4. The van der Waals surface area contributed by atoms with Gasteiger partial charge in [-0.3, -0.25) is 9.59 Å². The average molecular weight is 362 g/mol. The third-order valence-corrected chi connectivity index (χ3v) is 4.21. The van der Waals surface area contributed by atoms with Crippen molar-refractivity contribution in [2.24, 2.45) is 5.73 Å². The number of likely N-dealkylation sites (tertiary alicyclic amines) is 1. The molecule has 136 valence electrons. The van der Waals surface area contributed by atoms with Crippen LogP contribution >= 0.6 is 0 Å². The first-order valence-electron chi connectivity index (χ1n) is 7.89. The number of ether oxygens (including phenoxy) is 1. The minimum Gasteiger partial charge on any atom is -0.489 e. The first kappa shape index (κ1) is 17.8. The molecular formula is C17H16F2N4O3. The number of aromatic amines is 1. The number of amides is 1. The van der Waals surface area contributed by atoms with Gasteiger partial charge in [0.25, 0.3) is 11.5 Å². The number of carbonyl (C=O) groups is 1. The second kappa shape index (κ2) is 6.72. The highest BCUT2D eigenvalue weighted by Gasteiger charge is 2.48. The standard InChI is InChI=1S/C17H16F2N4O3/c18-17(19)5-10(6-20)23(9-17)16(25)13(21)8-26-14-7-22-15(24)12-4-2-1-3-11(12)14/h1-4,7,10,13H,5,8-9,21H2,(H,22,24)/t10?,13-/m0/s1. The number of nitriles is 1. The van der Waals surface area contributed by atoms with E-state index in [2.05, 4.69) is 4.98 Å². The molecule has 1 saturated heterocycles. The third kappa shape index (κ3) is 3.36. The van der Waals surface area contributed by atoms with E-state index >= 15 is 0 Å². The SMILES string of the molecule is N#CC1CC(F)(F)CN1C(=O)[C@@H](N)COc1c[nH]c(=O)c2ccccc12. The second-order valence-electron chi connectivity index (χ2n) is 6.12. The lowest BCUT2D eigenvalue weighted by Gasteiger charge is -2.23. The maximum absolute atomic E-state index is 13.5. The van der Waals surface area contributed by atoms with Gasteiger partial charge >= 0.3 is 0 Å². The van der Waals surface area contributed by atoms with Crippen LogP contribution in [-0.2, 0) is 4.79 Å². The Hall–Kier alpha value is -2.99. The van der Waals surface area contributed by atoms with E-state index in [1.54, 1.807) is 30.3 Å². The first-order chi connectivity index (χ1) is 12.3. The summed E-state index contributed by atoms with van der Waals surface area (Å²) < 4.78 is 32.5. The van der Waals surface area contributed by atoms with Crippen LogP contribution in [0.1, 0.15) is 6.42 Å². The molecule has 1 aromatic carbocycles. The number of rotatable bonds is 4. The molecule has 2 aromatic rings. The molecule has 0 aliphatic carbocycles. The van der Waals surface area contributed by atoms with E-state index < -0.39 is 36.9 Å². The minimum atomic E-state index is -3.11. The fourth-order valence-corrected chi connectivity index (χ4v) is 2.93. The molecule has 0 bridgehead atoms. The topological polar surface area (TPSA) is 112 Å². The highest BCUT2D eigenvalue weighted by molar-refractivity contribution is 5.87. The molecule has 1 aliphatic rings. The Morgan fingerprint density at radius 1 is 1.46 bits per heavy atom. The molecule has 1 fully saturated rings. The van der Waals surface area contributed by atoms with Crippen LogP contribution in [0.2, 0.25) is 0 Å². The Balaban J connectivity index is 1.73. The van der Waals surface area contributed by atoms with E-state index in [1.807, 2.05) is 0 Å². The molecule has 3 N–H and O–H groups in total. The van der Waals surface area contributed by atoms with E-state index in [1.165, 1.54) is 6.20 Å². The molecular weight excluding hydrogens is 346 g/mol. The predicted octanol–water partition coefficient (Wildman–Crippen LogP) is 0.994. The number of hydrogen-bond acceptors (Lipinski definition) is 5. The number of nitrogens with zero attached hydrogens (tertiary/aromatic N) is 2. The molecule has 1 unspecified atom stereocenters. The van der Waals surface area contributed by atoms with Crippen LogP contribution in [0.4, 0.5) is 8.78 Å². The smallest absolute Gasteiger partial charge is 0.268 e. The van der Waals surface area contributed by atoms with Gasteiger partial charge in [-0.05, 0) is 6.07 Å². The quantitative estimate of drug-likeness (QED) is 0.842. The molecule has 0 saturated carbocycles. The van der Waals surface area contributed by atoms with Gasteiger partial charge in [0.1, 0.15) is 24.4 Å². The van der Waals surface area contributed by atoms with Crippen molar-refractivity contribution in [2.75, 3.05) is 13.2 Å². The van der Waals surface area contributed by atoms with Crippen molar-refractivity contribution in [1.82, 2.24) is 9.88 Å². The van der Waals surface area contributed by atoms with Crippen molar-refractivity contribution in [3.05, 3.63) is 40.8 Å². The van der Waals surface area contributed by atoms with Gasteiger partial charge in [-0.1, -0.05) is 18.2 Å². The van der Waals surface area contributed by atoms with Crippen LogP contribution in [0.5, 0.6) is 5.75 Å². The number of benzene rings is 1. The molecule has 1 aromatic heterocycles. The van der Waals surface area contributed by atoms with Gasteiger partial charge in [-0.25, -0.2) is 8.78 Å². The van der Waals surface area contributed by atoms with E-state index in [0.717, 1.165) is 4.90 Å². The molecule has 2 heterocycles. The zero-order chi connectivity index (χ0) is 18.9. The van der Waals surface area contributed by atoms with Crippen molar-refractivity contribution in [2.45, 2.75) is 24.4 Å². The van der Waals surface area contributed by atoms with Crippen LogP contribution in [0.15, 0.2) is 35.3 Å². The lowest BCUT2D eigenvalue weighted by molar-refractivity contribution is -0.134. The summed E-state index contributed by atoms with van der Waals surface area (Å²) in [6.07, 6.45) is 0.650. The van der Waals surface area contributed by atoms with Crippen LogP contribution in [0.3, 0.4) is 0 Å². The first-order valence-corrected chi connectivity index (χ1v) is 7.89. The van der Waals surface area contributed by atoms with Gasteiger partial charge in [-0.2, -0.15) is 5.26 Å². The van der Waals surface area contributed by atoms with Crippen molar-refractivity contribution in [3.63, 3.8) is 0 Å². The van der Waals surface area contributed by atoms with Crippen molar-refractivity contribution < 1.29 is 18.3 Å². The molecule has 0 radical (unpaired) electrons. The molecule has 0 spiro atoms. The summed E-state index contributed by atoms with van der Waals surface area (Å²) in [6, 6.07) is 6.00. The summed E-state index contributed by atoms with van der Waals surface area (Å²) >= 11 is 0. The molecule has 3 rings (SSSR count). The average Bonchev–Trinajstić information content (AvgIpc) is 2.95. The largest absolute Gasteiger partial charge is 0.489 e. The molecule has 2 atom stereocenters. The van der Waals surface area contributed by atoms with Crippen molar-refractivity contribution in [3.8, 4) is 11.8 Å². The summed E-state index contributed by atoms with van der Waals surface area (Å²) in [5.74, 6) is -3.57. The molecule has 7 nitrogen and oxygen atoms in total. The van der Waals surface area contributed by atoms with E-state index in [-0.39, 0.29) is 12.2 Å². The van der Waals surface area contributed by atoms with Gasteiger partial charge in [0, 0.05) is 18.0 Å². The molecule has 1 amide bonds. The highest BCUT2D eigenvalue weighted by Crippen LogP contribution is 2.32. The predicted molar refractivity (Wildman–Crippen MR) is 88.7 cm³/mol. The lowest BCUT2D eigenvalue weighted by atomic mass is 10.1. The van der Waals surface area contributed by atoms with Crippen molar-refractivity contribution in [1.29, 1.82) is 5.26 Å². The fraction of sp³-hybridized carbons (Fsp3) is 0.353. The zero-order valence-corrected chi connectivity index (χ0v) is 13.6. The number of nitrogens with two attached hydrogens (primary N) is 1. The minimum absolute atomic E-state index is 0.283. The Bertz CT molecular complexity index is 937. The highest BCUT2D eigenvalue weighted by atomic mass is 19.3. The Labute approximate surface area is 147 Å². The van der Waals surface area contributed by atoms with E-state index in [4.69, 9.17) is 15.7 Å². The van der Waals surface area contributed by atoms with E-state index in [9.17, 15) is 18.4 Å². The fourth-order valence-electron chi connectivity index (χ4n) is 2.93. The van der Waals surface area contributed by atoms with Gasteiger partial charge in [0.05, 0.1) is 18.0 Å². The van der Waals surface area contributed by atoms with Gasteiger partial charge in [0.2, 0.25) is 5.91 Å². The summed E-state index contributed by atoms with van der Waals surface area (Å²) in [5, 5.41) is 9.92. The van der Waals surface area contributed by atoms with Gasteiger partial charge in [0.15, 0.2) is 0 Å². The Morgan fingerprint density at radius 2 is 2.15 bits per heavy atom. The molecule has 9 heteroatoms. The van der Waals surface area contributed by atoms with E-state index in [0.29, 0.717) is 16.5 Å². The van der Waals surface area contributed by atoms with Crippen LogP contribution in [-0.4, -0.2) is 46.9 Å². The number of nitrogens with one attached hydrogen (secondary N) is 1. The summed E-state index contributed by atoms with van der Waals surface area (Å²) in [5.41, 5.74) is 5.49. The van der Waals surface area contributed by atoms with Gasteiger partial charge < -0.3 is 20.4 Å². The van der Waals surface area contributed by atoms with Crippen LogP contribution in [0.25, 0.3) is 10.8 Å². The Morgan fingerprint density at radius 3 is 2.85 bits per heavy atom. The molecule has 26 heavy (non-hydrogen) atoms. The number of aromatic nitrogens is 1. The third-order valence-electron chi connectivity index (χ3n) is 4.21. The van der Waals surface area contributed by atoms with Gasteiger partial charge in [-0.15, -0.1) is 0 Å². The zero-order valence-electron chi connectivity index (χ0n) is 13.6. The number of alkyl halides is 2. The van der Waals surface area contributed by atoms with Crippen LogP contribution < -0.4 is 16.0 Å². The molecule has 1 aliphatic heterocycles. The maximum Gasteiger partial charge on any atom is 0.268 e. The van der Waals surface area contributed by atoms with Crippen molar-refractivity contribution >= 4 is 16.7 Å². The summed E-state index contributed by atoms with van der Waals surface area (Å²) in [6.45, 7) is -1.12.